The lowest BCUT2D eigenvalue weighted by atomic mass is 10.2. The van der Waals surface area contributed by atoms with Crippen molar-refractivity contribution in [3.8, 4) is 5.75 Å². The van der Waals surface area contributed by atoms with Crippen LogP contribution in [0.25, 0.3) is 0 Å². The van der Waals surface area contributed by atoms with Crippen LogP contribution in [0.15, 0.2) is 24.3 Å². The standard InChI is InChI=1S/C8H4Cl3F3O/c9-8(10,11)15-6-3-1-2-5(4-6)7(12,13)14/h1-4H. The lowest BCUT2D eigenvalue weighted by molar-refractivity contribution is -0.137. The van der Waals surface area contributed by atoms with Crippen LogP contribution in [0, 0.1) is 0 Å². The molecule has 0 bridgehead atoms. The summed E-state index contributed by atoms with van der Waals surface area (Å²) in [4.78, 5) is 0. The minimum atomic E-state index is -4.45. The fraction of sp³-hybridized carbons (Fsp3) is 0.250. The lowest BCUT2D eigenvalue weighted by Crippen LogP contribution is -2.13. The summed E-state index contributed by atoms with van der Waals surface area (Å²) in [5.74, 6) is -0.162. The average Bonchev–Trinajstić information content (AvgIpc) is 1.99. The molecule has 0 atom stereocenters. The number of rotatable bonds is 1. The normalized spacial score (nSPS) is 12.7. The topological polar surface area (TPSA) is 9.23 Å². The molecule has 0 aliphatic rings. The molecule has 0 amide bonds. The van der Waals surface area contributed by atoms with Crippen molar-refractivity contribution in [1.29, 1.82) is 0 Å². The maximum Gasteiger partial charge on any atom is 0.416 e. The third-order valence-corrected chi connectivity index (χ3v) is 1.63. The van der Waals surface area contributed by atoms with Gasteiger partial charge in [0, 0.05) is 0 Å². The van der Waals surface area contributed by atoms with Crippen molar-refractivity contribution < 1.29 is 17.9 Å². The zero-order valence-corrected chi connectivity index (χ0v) is 9.25. The Morgan fingerprint density at radius 3 is 2.13 bits per heavy atom. The van der Waals surface area contributed by atoms with E-state index in [0.717, 1.165) is 18.2 Å². The summed E-state index contributed by atoms with van der Waals surface area (Å²) < 4.78 is 39.3. The van der Waals surface area contributed by atoms with E-state index in [4.69, 9.17) is 34.8 Å². The summed E-state index contributed by atoms with van der Waals surface area (Å²) in [7, 11) is 0. The van der Waals surface area contributed by atoms with Gasteiger partial charge in [0.25, 0.3) is 0 Å². The van der Waals surface area contributed by atoms with E-state index in [9.17, 15) is 13.2 Å². The molecule has 0 fully saturated rings. The van der Waals surface area contributed by atoms with E-state index in [1.54, 1.807) is 0 Å². The van der Waals surface area contributed by atoms with Gasteiger partial charge < -0.3 is 4.74 Å². The Hall–Kier alpha value is -0.320. The first-order valence-electron chi connectivity index (χ1n) is 3.61. The van der Waals surface area contributed by atoms with Crippen LogP contribution < -0.4 is 4.74 Å². The second-order valence-electron chi connectivity index (χ2n) is 2.57. The van der Waals surface area contributed by atoms with Crippen LogP contribution >= 0.6 is 34.8 Å². The number of alkyl halides is 6. The SMILES string of the molecule is FC(F)(F)c1cccc(OC(Cl)(Cl)Cl)c1. The van der Waals surface area contributed by atoms with Gasteiger partial charge in [-0.05, 0) is 53.0 Å². The molecule has 1 nitrogen and oxygen atoms in total. The third kappa shape index (κ3) is 4.36. The molecule has 0 radical (unpaired) electrons. The zero-order valence-electron chi connectivity index (χ0n) is 6.99. The quantitative estimate of drug-likeness (QED) is 0.692. The van der Waals surface area contributed by atoms with Crippen molar-refractivity contribution in [2.45, 2.75) is 10.2 Å². The van der Waals surface area contributed by atoms with E-state index >= 15 is 0 Å². The van der Waals surface area contributed by atoms with Gasteiger partial charge in [0.1, 0.15) is 5.75 Å². The van der Waals surface area contributed by atoms with Crippen LogP contribution in [0.3, 0.4) is 0 Å². The average molecular weight is 279 g/mol. The highest BCUT2D eigenvalue weighted by molar-refractivity contribution is 6.66. The van der Waals surface area contributed by atoms with Crippen molar-refractivity contribution in [2.24, 2.45) is 0 Å². The van der Waals surface area contributed by atoms with Gasteiger partial charge in [0.05, 0.1) is 5.56 Å². The molecule has 0 aromatic heterocycles. The highest BCUT2D eigenvalue weighted by Gasteiger charge is 2.31. The fourth-order valence-electron chi connectivity index (χ4n) is 0.870. The summed E-state index contributed by atoms with van der Waals surface area (Å²) in [6, 6.07) is 4.07. The molecule has 15 heavy (non-hydrogen) atoms. The Balaban J connectivity index is 2.94. The Morgan fingerprint density at radius 2 is 1.67 bits per heavy atom. The first kappa shape index (κ1) is 12.7. The Bertz CT molecular complexity index is 346. The highest BCUT2D eigenvalue weighted by atomic mass is 35.6. The zero-order chi connectivity index (χ0) is 11.7. The second kappa shape index (κ2) is 4.28. The summed E-state index contributed by atoms with van der Waals surface area (Å²) >= 11 is 15.8. The molecule has 0 spiro atoms. The molecule has 0 unspecified atom stereocenters. The predicted octanol–water partition coefficient (Wildman–Crippen LogP) is 4.41. The van der Waals surface area contributed by atoms with Crippen molar-refractivity contribution in [1.82, 2.24) is 0 Å². The van der Waals surface area contributed by atoms with Gasteiger partial charge in [0.2, 0.25) is 0 Å². The van der Waals surface area contributed by atoms with Crippen LogP contribution in [0.5, 0.6) is 5.75 Å². The van der Waals surface area contributed by atoms with E-state index in [-0.39, 0.29) is 5.75 Å². The Morgan fingerprint density at radius 1 is 1.07 bits per heavy atom. The summed E-state index contributed by atoms with van der Waals surface area (Å²) in [6.07, 6.45) is -4.45. The summed E-state index contributed by atoms with van der Waals surface area (Å²) in [6.45, 7) is 0. The smallest absolute Gasteiger partial charge is 0.416 e. The minimum Gasteiger partial charge on any atom is -0.446 e. The molecule has 0 saturated heterocycles. The first-order chi connectivity index (χ1) is 6.68. The number of hydrogen-bond donors (Lipinski definition) is 0. The van der Waals surface area contributed by atoms with Crippen LogP contribution in [0.2, 0.25) is 0 Å². The van der Waals surface area contributed by atoms with E-state index in [1.165, 1.54) is 6.07 Å². The number of hydrogen-bond acceptors (Lipinski definition) is 1. The summed E-state index contributed by atoms with van der Waals surface area (Å²) in [5, 5.41) is 0. The summed E-state index contributed by atoms with van der Waals surface area (Å²) in [5.41, 5.74) is -0.866. The van der Waals surface area contributed by atoms with Crippen molar-refractivity contribution in [2.75, 3.05) is 0 Å². The molecule has 84 valence electrons. The number of halogens is 6. The van der Waals surface area contributed by atoms with Gasteiger partial charge in [-0.1, -0.05) is 6.07 Å². The van der Waals surface area contributed by atoms with Gasteiger partial charge in [-0.15, -0.1) is 0 Å². The largest absolute Gasteiger partial charge is 0.446 e. The van der Waals surface area contributed by atoms with Gasteiger partial charge in [-0.3, -0.25) is 0 Å². The third-order valence-electron chi connectivity index (χ3n) is 1.39. The van der Waals surface area contributed by atoms with Crippen molar-refractivity contribution in [3.63, 3.8) is 0 Å². The molecule has 1 rings (SSSR count). The molecule has 0 N–H and O–H groups in total. The van der Waals surface area contributed by atoms with Gasteiger partial charge in [-0.2, -0.15) is 13.2 Å². The number of benzene rings is 1. The predicted molar refractivity (Wildman–Crippen MR) is 52.4 cm³/mol. The van der Waals surface area contributed by atoms with Crippen molar-refractivity contribution in [3.05, 3.63) is 29.8 Å². The highest BCUT2D eigenvalue weighted by Crippen LogP contribution is 2.34. The second-order valence-corrected chi connectivity index (χ2v) is 4.75. The number of ether oxygens (including phenoxy) is 1. The molecule has 7 heteroatoms. The van der Waals surface area contributed by atoms with E-state index in [2.05, 4.69) is 4.74 Å². The molecular weight excluding hydrogens is 275 g/mol. The van der Waals surface area contributed by atoms with E-state index in [1.807, 2.05) is 0 Å². The fourth-order valence-corrected chi connectivity index (χ4v) is 1.14. The maximum absolute atomic E-state index is 12.2. The molecule has 1 aromatic carbocycles. The Labute approximate surface area is 98.7 Å². The lowest BCUT2D eigenvalue weighted by Gasteiger charge is -2.15. The molecular formula is C8H4Cl3F3O. The van der Waals surface area contributed by atoms with E-state index in [0.29, 0.717) is 0 Å². The van der Waals surface area contributed by atoms with Crippen LogP contribution in [-0.2, 0) is 6.18 Å². The maximum atomic E-state index is 12.2. The first-order valence-corrected chi connectivity index (χ1v) is 4.75. The molecule has 0 saturated carbocycles. The monoisotopic (exact) mass is 278 g/mol. The molecule has 0 aliphatic heterocycles. The van der Waals surface area contributed by atoms with Crippen molar-refractivity contribution >= 4 is 34.8 Å². The van der Waals surface area contributed by atoms with Gasteiger partial charge in [0.15, 0.2) is 0 Å². The molecule has 0 aliphatic carbocycles. The minimum absolute atomic E-state index is 0.162. The Kier molecular flexibility index (Phi) is 3.63. The van der Waals surface area contributed by atoms with Gasteiger partial charge in [-0.25, -0.2) is 0 Å². The van der Waals surface area contributed by atoms with Crippen LogP contribution in [0.4, 0.5) is 13.2 Å². The molecule has 0 heterocycles. The van der Waals surface area contributed by atoms with Crippen LogP contribution in [-0.4, -0.2) is 3.98 Å². The van der Waals surface area contributed by atoms with Gasteiger partial charge >= 0.3 is 10.2 Å². The molecule has 1 aromatic rings. The van der Waals surface area contributed by atoms with E-state index < -0.39 is 15.7 Å². The van der Waals surface area contributed by atoms with Crippen LogP contribution in [0.1, 0.15) is 5.56 Å².